The molecule has 1 heterocycles. The molecule has 108 valence electrons. The summed E-state index contributed by atoms with van der Waals surface area (Å²) in [5.74, 6) is 5.58. The van der Waals surface area contributed by atoms with Crippen LogP contribution in [0.4, 0.5) is 0 Å². The van der Waals surface area contributed by atoms with E-state index in [0.29, 0.717) is 23.7 Å². The molecule has 0 spiro atoms. The summed E-state index contributed by atoms with van der Waals surface area (Å²) < 4.78 is 0. The van der Waals surface area contributed by atoms with E-state index in [0.717, 1.165) is 16.0 Å². The lowest BCUT2D eigenvalue weighted by Gasteiger charge is -2.06. The van der Waals surface area contributed by atoms with Gasteiger partial charge in [-0.05, 0) is 30.7 Å². The van der Waals surface area contributed by atoms with Crippen LogP contribution in [0.1, 0.15) is 26.4 Å². The average Bonchev–Trinajstić information content (AvgIpc) is 2.90. The SMILES string of the molecule is Cc1ccc(C(=O)NCc2cc(C#CCN)cs2)c(Cl)c1. The van der Waals surface area contributed by atoms with Crippen molar-refractivity contribution in [3.8, 4) is 11.8 Å². The Bertz CT molecular complexity index is 713. The van der Waals surface area contributed by atoms with E-state index in [2.05, 4.69) is 17.2 Å². The van der Waals surface area contributed by atoms with E-state index in [-0.39, 0.29) is 5.91 Å². The number of hydrogen-bond acceptors (Lipinski definition) is 3. The molecule has 0 saturated heterocycles. The zero-order chi connectivity index (χ0) is 15.2. The Morgan fingerprint density at radius 2 is 2.24 bits per heavy atom. The second-order valence-corrected chi connectivity index (χ2v) is 5.88. The number of nitrogens with one attached hydrogen (secondary N) is 1. The van der Waals surface area contributed by atoms with Crippen molar-refractivity contribution in [3.63, 3.8) is 0 Å². The molecule has 5 heteroatoms. The Morgan fingerprint density at radius 1 is 1.43 bits per heavy atom. The number of carbonyl (C=O) groups excluding carboxylic acids is 1. The molecular weight excluding hydrogens is 304 g/mol. The third kappa shape index (κ3) is 4.33. The molecule has 1 amide bonds. The van der Waals surface area contributed by atoms with Crippen molar-refractivity contribution in [2.45, 2.75) is 13.5 Å². The summed E-state index contributed by atoms with van der Waals surface area (Å²) >= 11 is 7.63. The van der Waals surface area contributed by atoms with Gasteiger partial charge < -0.3 is 11.1 Å². The van der Waals surface area contributed by atoms with Crippen LogP contribution in [0.15, 0.2) is 29.6 Å². The highest BCUT2D eigenvalue weighted by Gasteiger charge is 2.10. The van der Waals surface area contributed by atoms with Crippen LogP contribution in [-0.2, 0) is 6.54 Å². The molecule has 0 radical (unpaired) electrons. The van der Waals surface area contributed by atoms with E-state index < -0.39 is 0 Å². The van der Waals surface area contributed by atoms with Crippen LogP contribution in [0.2, 0.25) is 5.02 Å². The number of halogens is 1. The molecule has 2 rings (SSSR count). The molecule has 0 unspecified atom stereocenters. The minimum absolute atomic E-state index is 0.178. The Hall–Kier alpha value is -1.80. The van der Waals surface area contributed by atoms with Crippen LogP contribution in [-0.4, -0.2) is 12.5 Å². The van der Waals surface area contributed by atoms with Gasteiger partial charge in [-0.15, -0.1) is 11.3 Å². The lowest BCUT2D eigenvalue weighted by molar-refractivity contribution is 0.0951. The van der Waals surface area contributed by atoms with Gasteiger partial charge in [-0.3, -0.25) is 4.79 Å². The van der Waals surface area contributed by atoms with E-state index in [1.54, 1.807) is 23.5 Å². The first-order valence-corrected chi connectivity index (χ1v) is 7.66. The summed E-state index contributed by atoms with van der Waals surface area (Å²) in [7, 11) is 0. The fraction of sp³-hybridized carbons (Fsp3) is 0.188. The number of nitrogens with two attached hydrogens (primary N) is 1. The summed E-state index contributed by atoms with van der Waals surface area (Å²) in [5, 5.41) is 5.27. The topological polar surface area (TPSA) is 55.1 Å². The van der Waals surface area contributed by atoms with E-state index in [9.17, 15) is 4.79 Å². The normalized spacial score (nSPS) is 9.86. The van der Waals surface area contributed by atoms with Gasteiger partial charge in [-0.2, -0.15) is 0 Å². The first-order valence-electron chi connectivity index (χ1n) is 6.41. The van der Waals surface area contributed by atoms with Crippen LogP contribution in [0, 0.1) is 18.8 Å². The van der Waals surface area contributed by atoms with Gasteiger partial charge in [0.2, 0.25) is 0 Å². The van der Waals surface area contributed by atoms with Crippen LogP contribution in [0.25, 0.3) is 0 Å². The largest absolute Gasteiger partial charge is 0.347 e. The van der Waals surface area contributed by atoms with E-state index >= 15 is 0 Å². The summed E-state index contributed by atoms with van der Waals surface area (Å²) in [6, 6.07) is 7.33. The molecule has 0 atom stereocenters. The lowest BCUT2D eigenvalue weighted by atomic mass is 10.1. The summed E-state index contributed by atoms with van der Waals surface area (Å²) in [6.07, 6.45) is 0. The van der Waals surface area contributed by atoms with Gasteiger partial charge in [-0.25, -0.2) is 0 Å². The predicted octanol–water partition coefficient (Wildman–Crippen LogP) is 2.95. The smallest absolute Gasteiger partial charge is 0.253 e. The third-order valence-electron chi connectivity index (χ3n) is 2.78. The van der Waals surface area contributed by atoms with Crippen LogP contribution in [0.3, 0.4) is 0 Å². The Labute approximate surface area is 133 Å². The molecule has 3 nitrogen and oxygen atoms in total. The molecular formula is C16H15ClN2OS. The van der Waals surface area contributed by atoms with Crippen molar-refractivity contribution in [1.29, 1.82) is 0 Å². The van der Waals surface area contributed by atoms with Gasteiger partial charge in [0, 0.05) is 15.8 Å². The van der Waals surface area contributed by atoms with Crippen LogP contribution in [0.5, 0.6) is 0 Å². The number of benzene rings is 1. The lowest BCUT2D eigenvalue weighted by Crippen LogP contribution is -2.22. The van der Waals surface area contributed by atoms with Gasteiger partial charge in [0.15, 0.2) is 0 Å². The van der Waals surface area contributed by atoms with Crippen LogP contribution < -0.4 is 11.1 Å². The first-order chi connectivity index (χ1) is 10.1. The zero-order valence-corrected chi connectivity index (χ0v) is 13.1. The van der Waals surface area contributed by atoms with Crippen molar-refractivity contribution in [1.82, 2.24) is 5.32 Å². The Kier molecular flexibility index (Phi) is 5.40. The second-order valence-electron chi connectivity index (χ2n) is 4.47. The maximum absolute atomic E-state index is 12.1. The van der Waals surface area contributed by atoms with Gasteiger partial charge in [0.05, 0.1) is 23.7 Å². The number of rotatable bonds is 3. The van der Waals surface area contributed by atoms with Gasteiger partial charge >= 0.3 is 0 Å². The Morgan fingerprint density at radius 3 is 2.95 bits per heavy atom. The summed E-state index contributed by atoms with van der Waals surface area (Å²) in [5.41, 5.74) is 7.76. The molecule has 0 aliphatic heterocycles. The fourth-order valence-corrected chi connectivity index (χ4v) is 2.84. The highest BCUT2D eigenvalue weighted by Crippen LogP contribution is 2.18. The number of thiophene rings is 1. The predicted molar refractivity (Wildman–Crippen MR) is 87.6 cm³/mol. The molecule has 0 bridgehead atoms. The molecule has 0 fully saturated rings. The quantitative estimate of drug-likeness (QED) is 0.855. The van der Waals surface area contributed by atoms with E-state index in [4.69, 9.17) is 17.3 Å². The molecule has 0 aliphatic rings. The zero-order valence-electron chi connectivity index (χ0n) is 11.6. The second kappa shape index (κ2) is 7.28. The maximum atomic E-state index is 12.1. The van der Waals surface area contributed by atoms with Crippen molar-refractivity contribution in [2.24, 2.45) is 5.73 Å². The number of amides is 1. The highest BCUT2D eigenvalue weighted by molar-refractivity contribution is 7.10. The fourth-order valence-electron chi connectivity index (χ4n) is 1.76. The van der Waals surface area contributed by atoms with Crippen molar-refractivity contribution in [3.05, 3.63) is 56.2 Å². The summed E-state index contributed by atoms with van der Waals surface area (Å²) in [4.78, 5) is 13.1. The first kappa shape index (κ1) is 15.6. The van der Waals surface area contributed by atoms with E-state index in [1.807, 2.05) is 24.4 Å². The molecule has 1 aromatic heterocycles. The molecule has 1 aromatic carbocycles. The highest BCUT2D eigenvalue weighted by atomic mass is 35.5. The number of hydrogen-bond donors (Lipinski definition) is 2. The van der Waals surface area contributed by atoms with Crippen molar-refractivity contribution in [2.75, 3.05) is 6.54 Å². The van der Waals surface area contributed by atoms with Crippen molar-refractivity contribution < 1.29 is 4.79 Å². The summed E-state index contributed by atoms with van der Waals surface area (Å²) in [6.45, 7) is 2.73. The third-order valence-corrected chi connectivity index (χ3v) is 4.03. The van der Waals surface area contributed by atoms with Crippen molar-refractivity contribution >= 4 is 28.8 Å². The molecule has 2 aromatic rings. The Balaban J connectivity index is 1.99. The molecule has 21 heavy (non-hydrogen) atoms. The standard InChI is InChI=1S/C16H15ClN2OS/c1-11-4-5-14(15(17)7-11)16(20)19-9-13-8-12(10-21-13)3-2-6-18/h4-5,7-8,10H,6,9,18H2,1H3,(H,19,20). The van der Waals surface area contributed by atoms with E-state index in [1.165, 1.54) is 0 Å². The molecule has 3 N–H and O–H groups in total. The average molecular weight is 319 g/mol. The molecule has 0 aliphatic carbocycles. The monoisotopic (exact) mass is 318 g/mol. The van der Waals surface area contributed by atoms with Gasteiger partial charge in [0.1, 0.15) is 0 Å². The molecule has 0 saturated carbocycles. The minimum Gasteiger partial charge on any atom is -0.347 e. The number of carbonyl (C=O) groups is 1. The minimum atomic E-state index is -0.178. The maximum Gasteiger partial charge on any atom is 0.253 e. The van der Waals surface area contributed by atoms with Gasteiger partial charge in [-0.1, -0.05) is 29.5 Å². The van der Waals surface area contributed by atoms with Crippen LogP contribution >= 0.6 is 22.9 Å². The number of aryl methyl sites for hydroxylation is 1. The van der Waals surface area contributed by atoms with Gasteiger partial charge in [0.25, 0.3) is 5.91 Å².